The van der Waals surface area contributed by atoms with Crippen LogP contribution in [0.25, 0.3) is 0 Å². The predicted octanol–water partition coefficient (Wildman–Crippen LogP) is 2.95. The van der Waals surface area contributed by atoms with Crippen molar-refractivity contribution in [3.05, 3.63) is 54.1 Å². The SMILES string of the molecule is CC(C)c1nccn1[C@H](C)C(=O)N1CCN(CCc2ccccc2)CC1. The highest BCUT2D eigenvalue weighted by Gasteiger charge is 2.27. The Balaban J connectivity index is 1.51. The monoisotopic (exact) mass is 354 g/mol. The Hall–Kier alpha value is -2.14. The lowest BCUT2D eigenvalue weighted by Gasteiger charge is -2.36. The lowest BCUT2D eigenvalue weighted by atomic mass is 10.1. The maximum absolute atomic E-state index is 12.9. The second-order valence-corrected chi connectivity index (χ2v) is 7.43. The zero-order chi connectivity index (χ0) is 18.5. The van der Waals surface area contributed by atoms with Crippen molar-refractivity contribution in [3.8, 4) is 0 Å². The third-order valence-corrected chi connectivity index (χ3v) is 5.23. The van der Waals surface area contributed by atoms with E-state index < -0.39 is 0 Å². The topological polar surface area (TPSA) is 41.4 Å². The number of nitrogens with zero attached hydrogens (tertiary/aromatic N) is 4. The molecule has 0 N–H and O–H groups in total. The summed E-state index contributed by atoms with van der Waals surface area (Å²) < 4.78 is 2.02. The van der Waals surface area contributed by atoms with Crippen molar-refractivity contribution in [2.45, 2.75) is 39.2 Å². The maximum atomic E-state index is 12.9. The van der Waals surface area contributed by atoms with Crippen molar-refractivity contribution in [3.63, 3.8) is 0 Å². The van der Waals surface area contributed by atoms with Crippen molar-refractivity contribution in [2.24, 2.45) is 0 Å². The molecule has 5 heteroatoms. The Morgan fingerprint density at radius 3 is 2.42 bits per heavy atom. The van der Waals surface area contributed by atoms with E-state index in [1.165, 1.54) is 5.56 Å². The van der Waals surface area contributed by atoms with Gasteiger partial charge >= 0.3 is 0 Å². The van der Waals surface area contributed by atoms with Crippen LogP contribution in [0.2, 0.25) is 0 Å². The highest BCUT2D eigenvalue weighted by molar-refractivity contribution is 5.80. The third-order valence-electron chi connectivity index (χ3n) is 5.23. The van der Waals surface area contributed by atoms with E-state index in [1.807, 2.05) is 22.6 Å². The van der Waals surface area contributed by atoms with Crippen LogP contribution in [0.5, 0.6) is 0 Å². The summed E-state index contributed by atoms with van der Waals surface area (Å²) in [5, 5.41) is 0. The quantitative estimate of drug-likeness (QED) is 0.801. The molecule has 0 aliphatic carbocycles. The van der Waals surface area contributed by atoms with Gasteiger partial charge in [0.25, 0.3) is 0 Å². The summed E-state index contributed by atoms with van der Waals surface area (Å²) in [6.07, 6.45) is 4.78. The van der Waals surface area contributed by atoms with Gasteiger partial charge in [0.2, 0.25) is 5.91 Å². The number of amides is 1. The Kier molecular flexibility index (Phi) is 6.09. The highest BCUT2D eigenvalue weighted by Crippen LogP contribution is 2.19. The second-order valence-electron chi connectivity index (χ2n) is 7.43. The van der Waals surface area contributed by atoms with Gasteiger partial charge in [-0.3, -0.25) is 9.69 Å². The number of hydrogen-bond donors (Lipinski definition) is 0. The van der Waals surface area contributed by atoms with Gasteiger partial charge in [-0.05, 0) is 18.9 Å². The van der Waals surface area contributed by atoms with Crippen LogP contribution < -0.4 is 0 Å². The van der Waals surface area contributed by atoms with Crippen LogP contribution in [-0.2, 0) is 11.2 Å². The number of aromatic nitrogens is 2. The van der Waals surface area contributed by atoms with Crippen molar-refractivity contribution in [1.82, 2.24) is 19.4 Å². The minimum atomic E-state index is -0.189. The van der Waals surface area contributed by atoms with Crippen molar-refractivity contribution in [2.75, 3.05) is 32.7 Å². The van der Waals surface area contributed by atoms with Crippen LogP contribution in [0, 0.1) is 0 Å². The van der Waals surface area contributed by atoms with Crippen LogP contribution in [0.4, 0.5) is 0 Å². The molecule has 0 radical (unpaired) electrons. The van der Waals surface area contributed by atoms with Gasteiger partial charge in [-0.2, -0.15) is 0 Å². The molecule has 1 aliphatic rings. The van der Waals surface area contributed by atoms with Gasteiger partial charge in [0, 0.05) is 51.0 Å². The zero-order valence-corrected chi connectivity index (χ0v) is 16.1. The average Bonchev–Trinajstić information content (AvgIpc) is 3.16. The molecule has 1 aliphatic heterocycles. The molecule has 1 aromatic carbocycles. The number of piperazine rings is 1. The molecule has 2 aromatic rings. The minimum absolute atomic E-state index is 0.189. The van der Waals surface area contributed by atoms with E-state index >= 15 is 0 Å². The normalized spacial score (nSPS) is 16.8. The summed E-state index contributed by atoms with van der Waals surface area (Å²) in [6, 6.07) is 10.4. The minimum Gasteiger partial charge on any atom is -0.338 e. The molecule has 1 atom stereocenters. The molecule has 0 saturated carbocycles. The summed E-state index contributed by atoms with van der Waals surface area (Å²) in [4.78, 5) is 21.8. The van der Waals surface area contributed by atoms with Crippen LogP contribution in [0.3, 0.4) is 0 Å². The first-order valence-electron chi connectivity index (χ1n) is 9.64. The highest BCUT2D eigenvalue weighted by atomic mass is 16.2. The smallest absolute Gasteiger partial charge is 0.245 e. The fourth-order valence-electron chi connectivity index (χ4n) is 3.61. The molecular weight excluding hydrogens is 324 g/mol. The predicted molar refractivity (Wildman–Crippen MR) is 104 cm³/mol. The average molecular weight is 354 g/mol. The van der Waals surface area contributed by atoms with E-state index in [0.29, 0.717) is 5.92 Å². The Labute approximate surface area is 156 Å². The Morgan fingerprint density at radius 1 is 1.08 bits per heavy atom. The molecule has 1 saturated heterocycles. The molecule has 1 fully saturated rings. The van der Waals surface area contributed by atoms with E-state index in [0.717, 1.165) is 45.0 Å². The molecule has 2 heterocycles. The van der Waals surface area contributed by atoms with Gasteiger partial charge in [0.15, 0.2) is 0 Å². The first kappa shape index (κ1) is 18.6. The number of hydrogen-bond acceptors (Lipinski definition) is 3. The molecular formula is C21H30N4O. The second kappa shape index (κ2) is 8.49. The standard InChI is InChI=1S/C21H30N4O/c1-17(2)20-22-10-12-25(20)18(3)21(26)24-15-13-23(14-16-24)11-9-19-7-5-4-6-8-19/h4-8,10,12,17-18H,9,11,13-16H2,1-3H3/t18-/m1/s1. The Morgan fingerprint density at radius 2 is 1.77 bits per heavy atom. The maximum Gasteiger partial charge on any atom is 0.245 e. The van der Waals surface area contributed by atoms with E-state index in [1.54, 1.807) is 6.20 Å². The molecule has 26 heavy (non-hydrogen) atoms. The molecule has 1 amide bonds. The molecule has 3 rings (SSSR count). The molecule has 0 unspecified atom stereocenters. The number of benzene rings is 1. The zero-order valence-electron chi connectivity index (χ0n) is 16.1. The number of carbonyl (C=O) groups is 1. The number of carbonyl (C=O) groups excluding carboxylic acids is 1. The van der Waals surface area contributed by atoms with E-state index in [2.05, 4.69) is 54.1 Å². The van der Waals surface area contributed by atoms with E-state index in [-0.39, 0.29) is 11.9 Å². The summed E-state index contributed by atoms with van der Waals surface area (Å²) in [6.45, 7) is 10.8. The summed E-state index contributed by atoms with van der Waals surface area (Å²) in [7, 11) is 0. The molecule has 140 valence electrons. The van der Waals surface area contributed by atoms with Gasteiger partial charge < -0.3 is 9.47 Å². The summed E-state index contributed by atoms with van der Waals surface area (Å²) in [5.41, 5.74) is 1.38. The molecule has 0 bridgehead atoms. The number of rotatable bonds is 6. The summed E-state index contributed by atoms with van der Waals surface area (Å²) in [5.74, 6) is 1.50. The van der Waals surface area contributed by atoms with E-state index in [4.69, 9.17) is 0 Å². The largest absolute Gasteiger partial charge is 0.338 e. The Bertz CT molecular complexity index is 702. The summed E-state index contributed by atoms with van der Waals surface area (Å²) >= 11 is 0. The molecule has 1 aromatic heterocycles. The van der Waals surface area contributed by atoms with Gasteiger partial charge in [-0.15, -0.1) is 0 Å². The third kappa shape index (κ3) is 4.33. The van der Waals surface area contributed by atoms with Gasteiger partial charge in [0.05, 0.1) is 0 Å². The van der Waals surface area contributed by atoms with Crippen LogP contribution in [0.15, 0.2) is 42.7 Å². The van der Waals surface area contributed by atoms with Crippen LogP contribution >= 0.6 is 0 Å². The van der Waals surface area contributed by atoms with Gasteiger partial charge in [-0.25, -0.2) is 4.98 Å². The van der Waals surface area contributed by atoms with Gasteiger partial charge in [0.1, 0.15) is 11.9 Å². The van der Waals surface area contributed by atoms with Crippen LogP contribution in [0.1, 0.15) is 44.1 Å². The van der Waals surface area contributed by atoms with E-state index in [9.17, 15) is 4.79 Å². The van der Waals surface area contributed by atoms with Crippen LogP contribution in [-0.4, -0.2) is 58.0 Å². The van der Waals surface area contributed by atoms with Crippen molar-refractivity contribution in [1.29, 1.82) is 0 Å². The first-order valence-corrected chi connectivity index (χ1v) is 9.64. The first-order chi connectivity index (χ1) is 12.6. The van der Waals surface area contributed by atoms with Gasteiger partial charge in [-0.1, -0.05) is 44.2 Å². The lowest BCUT2D eigenvalue weighted by Crippen LogP contribution is -2.50. The fraction of sp³-hybridized carbons (Fsp3) is 0.524. The number of imidazole rings is 1. The molecule has 0 spiro atoms. The van der Waals surface area contributed by atoms with Crippen molar-refractivity contribution < 1.29 is 4.79 Å². The van der Waals surface area contributed by atoms with Crippen molar-refractivity contribution >= 4 is 5.91 Å². The molecule has 5 nitrogen and oxygen atoms in total. The fourth-order valence-corrected chi connectivity index (χ4v) is 3.61. The lowest BCUT2D eigenvalue weighted by molar-refractivity contribution is -0.136.